The lowest BCUT2D eigenvalue weighted by Gasteiger charge is -2.39. The summed E-state index contributed by atoms with van der Waals surface area (Å²) in [7, 11) is 0. The minimum absolute atomic E-state index is 0.270. The van der Waals surface area contributed by atoms with Gasteiger partial charge < -0.3 is 9.64 Å². The van der Waals surface area contributed by atoms with E-state index in [2.05, 4.69) is 47.5 Å². The zero-order valence-electron chi connectivity index (χ0n) is 15.2. The van der Waals surface area contributed by atoms with Crippen molar-refractivity contribution >= 4 is 17.0 Å². The summed E-state index contributed by atoms with van der Waals surface area (Å²) in [5, 5.41) is 10.7. The Labute approximate surface area is 152 Å². The van der Waals surface area contributed by atoms with Crippen LogP contribution >= 0.6 is 0 Å². The van der Waals surface area contributed by atoms with E-state index in [1.165, 1.54) is 0 Å². The van der Waals surface area contributed by atoms with Crippen molar-refractivity contribution in [3.05, 3.63) is 35.9 Å². The zero-order valence-corrected chi connectivity index (χ0v) is 15.2. The van der Waals surface area contributed by atoms with Gasteiger partial charge in [0.25, 0.3) is 0 Å². The van der Waals surface area contributed by atoms with Crippen LogP contribution < -0.4 is 9.91 Å². The van der Waals surface area contributed by atoms with E-state index in [-0.39, 0.29) is 6.10 Å². The predicted molar refractivity (Wildman–Crippen MR) is 98.6 cm³/mol. The number of anilines is 1. The Morgan fingerprint density at radius 3 is 2.69 bits per heavy atom. The van der Waals surface area contributed by atoms with Crippen molar-refractivity contribution in [3.63, 3.8) is 0 Å². The highest BCUT2D eigenvalue weighted by molar-refractivity contribution is 5.79. The maximum absolute atomic E-state index is 5.89. The molecule has 1 atom stereocenters. The molecule has 0 unspecified atom stereocenters. The molecular weight excluding hydrogens is 330 g/mol. The van der Waals surface area contributed by atoms with Gasteiger partial charge in [-0.05, 0) is 38.8 Å². The lowest BCUT2D eigenvalue weighted by molar-refractivity contribution is 0.114. The van der Waals surface area contributed by atoms with Crippen LogP contribution in [0.3, 0.4) is 0 Å². The third kappa shape index (κ3) is 2.44. The Morgan fingerprint density at radius 2 is 1.92 bits per heavy atom. The number of ether oxygens (including phenoxy) is 1. The van der Waals surface area contributed by atoms with Gasteiger partial charge in [0.15, 0.2) is 0 Å². The molecule has 0 saturated carbocycles. The maximum Gasteiger partial charge on any atom is 0.209 e. The van der Waals surface area contributed by atoms with Gasteiger partial charge in [0, 0.05) is 13.2 Å². The number of imidazole rings is 1. The summed E-state index contributed by atoms with van der Waals surface area (Å²) in [4.78, 5) is 7.22. The molecule has 0 aliphatic carbocycles. The highest BCUT2D eigenvalue weighted by atomic mass is 16.5. The van der Waals surface area contributed by atoms with Crippen LogP contribution in [0.2, 0.25) is 0 Å². The molecule has 0 spiro atoms. The topological polar surface area (TPSA) is 64.2 Å². The highest BCUT2D eigenvalue weighted by Crippen LogP contribution is 2.28. The zero-order chi connectivity index (χ0) is 17.7. The minimum Gasteiger partial charge on any atom is -0.376 e. The van der Waals surface area contributed by atoms with Gasteiger partial charge in [-0.15, -0.1) is 10.2 Å². The molecule has 1 fully saturated rings. The van der Waals surface area contributed by atoms with Gasteiger partial charge in [0.1, 0.15) is 25.0 Å². The number of nitrogens with zero attached hydrogens (tertiary/aromatic N) is 7. The van der Waals surface area contributed by atoms with E-state index in [4.69, 9.17) is 9.72 Å². The molecule has 3 aromatic rings. The highest BCUT2D eigenvalue weighted by Gasteiger charge is 2.30. The van der Waals surface area contributed by atoms with Gasteiger partial charge in [-0.25, -0.2) is 9.66 Å². The molecule has 0 amide bonds. The Morgan fingerprint density at radius 1 is 1.12 bits per heavy atom. The van der Waals surface area contributed by atoms with Gasteiger partial charge in [-0.3, -0.25) is 9.58 Å². The van der Waals surface area contributed by atoms with Crippen LogP contribution in [0.1, 0.15) is 24.5 Å². The van der Waals surface area contributed by atoms with Crippen molar-refractivity contribution in [2.24, 2.45) is 0 Å². The van der Waals surface area contributed by atoms with Crippen LogP contribution in [0.25, 0.3) is 11.0 Å². The second kappa shape index (κ2) is 5.98. The molecular formula is C18H23N7O. The first-order valence-electron chi connectivity index (χ1n) is 9.16. The van der Waals surface area contributed by atoms with Crippen molar-refractivity contribution in [3.8, 4) is 0 Å². The molecule has 0 bridgehead atoms. The van der Waals surface area contributed by atoms with E-state index in [1.54, 1.807) is 0 Å². The molecule has 2 aromatic heterocycles. The van der Waals surface area contributed by atoms with E-state index in [0.29, 0.717) is 0 Å². The summed E-state index contributed by atoms with van der Waals surface area (Å²) >= 11 is 0. The fourth-order valence-corrected chi connectivity index (χ4v) is 4.08. The molecule has 1 aromatic carbocycles. The fourth-order valence-electron chi connectivity index (χ4n) is 4.08. The number of aromatic nitrogens is 5. The van der Waals surface area contributed by atoms with Crippen LogP contribution in [0, 0.1) is 13.8 Å². The summed E-state index contributed by atoms with van der Waals surface area (Å²) in [6.07, 6.45) is 2.52. The number of benzene rings is 1. The van der Waals surface area contributed by atoms with E-state index < -0.39 is 0 Å². The summed E-state index contributed by atoms with van der Waals surface area (Å²) in [5.74, 6) is 2.81. The minimum atomic E-state index is 0.270. The molecule has 2 aliphatic heterocycles. The third-order valence-corrected chi connectivity index (χ3v) is 5.24. The summed E-state index contributed by atoms with van der Waals surface area (Å²) in [6.45, 7) is 7.15. The van der Waals surface area contributed by atoms with Crippen molar-refractivity contribution in [1.82, 2.24) is 24.4 Å². The predicted octanol–water partition coefficient (Wildman–Crippen LogP) is 1.80. The van der Waals surface area contributed by atoms with Crippen molar-refractivity contribution in [2.75, 3.05) is 29.7 Å². The van der Waals surface area contributed by atoms with E-state index in [9.17, 15) is 0 Å². The molecule has 5 rings (SSSR count). The number of aryl methyl sites for hydroxylation is 2. The van der Waals surface area contributed by atoms with Crippen LogP contribution in [-0.2, 0) is 11.4 Å². The number of para-hydroxylation sites is 2. The molecule has 8 nitrogen and oxygen atoms in total. The average molecular weight is 353 g/mol. The van der Waals surface area contributed by atoms with Crippen LogP contribution in [0.15, 0.2) is 24.3 Å². The summed E-state index contributed by atoms with van der Waals surface area (Å²) in [5.41, 5.74) is 2.17. The van der Waals surface area contributed by atoms with E-state index in [0.717, 1.165) is 68.0 Å². The lowest BCUT2D eigenvalue weighted by atomic mass is 10.2. The Balaban J connectivity index is 1.58. The van der Waals surface area contributed by atoms with Gasteiger partial charge in [-0.1, -0.05) is 12.1 Å². The second-order valence-electron chi connectivity index (χ2n) is 7.08. The smallest absolute Gasteiger partial charge is 0.209 e. The summed E-state index contributed by atoms with van der Waals surface area (Å²) < 4.78 is 10.3. The molecule has 136 valence electrons. The average Bonchev–Trinajstić information content (AvgIpc) is 3.35. The van der Waals surface area contributed by atoms with Crippen LogP contribution in [0.5, 0.6) is 0 Å². The first-order chi connectivity index (χ1) is 12.7. The van der Waals surface area contributed by atoms with Gasteiger partial charge in [-0.2, -0.15) is 0 Å². The molecule has 1 saturated heterocycles. The van der Waals surface area contributed by atoms with E-state index in [1.807, 2.05) is 19.9 Å². The molecule has 8 heteroatoms. The summed E-state index contributed by atoms with van der Waals surface area (Å²) in [6, 6.07) is 8.31. The largest absolute Gasteiger partial charge is 0.376 e. The molecule has 4 heterocycles. The Hall–Kier alpha value is -2.61. The van der Waals surface area contributed by atoms with Gasteiger partial charge >= 0.3 is 0 Å². The third-order valence-electron chi connectivity index (χ3n) is 5.24. The maximum atomic E-state index is 5.89. The molecule has 0 N–H and O–H groups in total. The Kier molecular flexibility index (Phi) is 3.59. The fraction of sp³-hybridized carbons (Fsp3) is 0.500. The lowest BCUT2D eigenvalue weighted by Crippen LogP contribution is -2.52. The first-order valence-corrected chi connectivity index (χ1v) is 9.16. The normalized spacial score (nSPS) is 20.2. The molecule has 0 radical (unpaired) electrons. The quantitative estimate of drug-likeness (QED) is 0.715. The van der Waals surface area contributed by atoms with Crippen molar-refractivity contribution in [2.45, 2.75) is 39.5 Å². The van der Waals surface area contributed by atoms with Crippen LogP contribution in [-0.4, -0.2) is 50.3 Å². The SMILES string of the molecule is Cc1nnc(C)n1N1CN(C[C@@H]2CCCO2)c2nc3ccccc3n2C1. The van der Waals surface area contributed by atoms with Crippen molar-refractivity contribution < 1.29 is 4.74 Å². The Bertz CT molecular complexity index is 921. The number of rotatable bonds is 3. The molecule has 2 aliphatic rings. The van der Waals surface area contributed by atoms with Gasteiger partial charge in [0.2, 0.25) is 5.95 Å². The van der Waals surface area contributed by atoms with Crippen molar-refractivity contribution in [1.29, 1.82) is 0 Å². The van der Waals surface area contributed by atoms with Crippen LogP contribution in [0.4, 0.5) is 5.95 Å². The monoisotopic (exact) mass is 353 g/mol. The number of hydrogen-bond donors (Lipinski definition) is 0. The standard InChI is InChI=1S/C18H23N7O/c1-13-20-21-14(2)25(13)23-11-22(10-15-6-5-9-26-15)18-19-16-7-3-4-8-17(16)24(18)12-23/h3-4,7-8,15H,5-6,9-12H2,1-2H3/t15-/m0/s1. The first kappa shape index (κ1) is 15.6. The second-order valence-corrected chi connectivity index (χ2v) is 7.08. The number of hydrogen-bond acceptors (Lipinski definition) is 6. The van der Waals surface area contributed by atoms with Gasteiger partial charge in [0.05, 0.1) is 17.1 Å². The van der Waals surface area contributed by atoms with E-state index >= 15 is 0 Å². The number of fused-ring (bicyclic) bond motifs is 3. The molecule has 26 heavy (non-hydrogen) atoms.